The van der Waals surface area contributed by atoms with Crippen molar-refractivity contribution in [1.82, 2.24) is 10.4 Å². The van der Waals surface area contributed by atoms with E-state index in [0.717, 1.165) is 26.2 Å². The third kappa shape index (κ3) is 1.72. The summed E-state index contributed by atoms with van der Waals surface area (Å²) in [4.78, 5) is 7.81. The first kappa shape index (κ1) is 10.1. The smallest absolute Gasteiger partial charge is 0.0738 e. The van der Waals surface area contributed by atoms with Crippen molar-refractivity contribution in [3.63, 3.8) is 0 Å². The monoisotopic (exact) mass is 196 g/mol. The van der Waals surface area contributed by atoms with E-state index in [0.29, 0.717) is 17.4 Å². The molecule has 0 amide bonds. The van der Waals surface area contributed by atoms with Crippen molar-refractivity contribution in [3.8, 4) is 0 Å². The Balaban J connectivity index is 2.07. The van der Waals surface area contributed by atoms with Gasteiger partial charge in [-0.15, -0.1) is 6.58 Å². The quantitative estimate of drug-likeness (QED) is 0.668. The Labute approximate surface area is 86.1 Å². The van der Waals surface area contributed by atoms with E-state index in [4.69, 9.17) is 4.84 Å². The Hall–Kier alpha value is -0.380. The molecule has 0 spiro atoms. The highest BCUT2D eigenvalue weighted by atomic mass is 16.7. The average Bonchev–Trinajstić information content (AvgIpc) is 2.52. The summed E-state index contributed by atoms with van der Waals surface area (Å²) < 4.78 is 0. The van der Waals surface area contributed by atoms with E-state index in [1.807, 2.05) is 6.08 Å². The van der Waals surface area contributed by atoms with Gasteiger partial charge in [0.25, 0.3) is 0 Å². The molecule has 2 heterocycles. The molecule has 0 bridgehead atoms. The molecule has 3 heteroatoms. The molecule has 80 valence electrons. The Morgan fingerprint density at radius 2 is 2.43 bits per heavy atom. The van der Waals surface area contributed by atoms with Crippen molar-refractivity contribution in [2.24, 2.45) is 11.3 Å². The summed E-state index contributed by atoms with van der Waals surface area (Å²) in [6, 6.07) is 0.517. The molecule has 0 aliphatic carbocycles. The van der Waals surface area contributed by atoms with Crippen LogP contribution in [-0.4, -0.2) is 37.2 Å². The molecule has 2 aliphatic heterocycles. The van der Waals surface area contributed by atoms with Crippen molar-refractivity contribution < 1.29 is 4.84 Å². The lowest BCUT2D eigenvalue weighted by molar-refractivity contribution is 0.0381. The van der Waals surface area contributed by atoms with Gasteiger partial charge in [-0.3, -0.25) is 4.90 Å². The molecule has 0 aromatic heterocycles. The molecule has 0 saturated carbocycles. The van der Waals surface area contributed by atoms with Crippen LogP contribution in [0.3, 0.4) is 0 Å². The van der Waals surface area contributed by atoms with E-state index >= 15 is 0 Å². The Bertz CT molecular complexity index is 227. The van der Waals surface area contributed by atoms with Crippen molar-refractivity contribution >= 4 is 0 Å². The molecule has 2 saturated heterocycles. The van der Waals surface area contributed by atoms with Gasteiger partial charge in [-0.2, -0.15) is 5.48 Å². The van der Waals surface area contributed by atoms with Crippen LogP contribution in [0.4, 0.5) is 0 Å². The minimum atomic E-state index is 0.294. The van der Waals surface area contributed by atoms with Gasteiger partial charge in [0, 0.05) is 31.6 Å². The summed E-state index contributed by atoms with van der Waals surface area (Å²) in [5, 5.41) is 0. The molecule has 0 radical (unpaired) electrons. The van der Waals surface area contributed by atoms with E-state index < -0.39 is 0 Å². The number of nitrogens with zero attached hydrogens (tertiary/aromatic N) is 1. The molecule has 14 heavy (non-hydrogen) atoms. The van der Waals surface area contributed by atoms with Crippen LogP contribution in [-0.2, 0) is 4.84 Å². The summed E-state index contributed by atoms with van der Waals surface area (Å²) in [7, 11) is 0. The Morgan fingerprint density at radius 3 is 3.14 bits per heavy atom. The fourth-order valence-electron chi connectivity index (χ4n) is 2.79. The maximum atomic E-state index is 5.35. The highest BCUT2D eigenvalue weighted by Gasteiger charge is 2.45. The molecule has 3 nitrogen and oxygen atoms in total. The van der Waals surface area contributed by atoms with E-state index in [1.165, 1.54) is 0 Å². The second-order valence-electron chi connectivity index (χ2n) is 5.14. The van der Waals surface area contributed by atoms with E-state index in [-0.39, 0.29) is 0 Å². The van der Waals surface area contributed by atoms with Crippen molar-refractivity contribution in [2.45, 2.75) is 19.9 Å². The summed E-state index contributed by atoms with van der Waals surface area (Å²) in [6.07, 6.45) is 1.99. The number of fused-ring (bicyclic) bond motifs is 1. The lowest BCUT2D eigenvalue weighted by Crippen LogP contribution is -2.56. The second kappa shape index (κ2) is 3.65. The highest BCUT2D eigenvalue weighted by molar-refractivity contribution is 4.98. The molecule has 2 aliphatic rings. The standard InChI is InChI=1S/C11H20N2O/c1-4-5-13-6-9-7-14-12-10(9)11(2,3)8-13/h4,9-10,12H,1,5-8H2,2-3H3/t9-,10+/m0/s1. The minimum absolute atomic E-state index is 0.294. The second-order valence-corrected chi connectivity index (χ2v) is 5.14. The molecule has 0 aromatic carbocycles. The van der Waals surface area contributed by atoms with Gasteiger partial charge < -0.3 is 4.84 Å². The summed E-state index contributed by atoms with van der Waals surface area (Å²) in [5.74, 6) is 0.638. The lowest BCUT2D eigenvalue weighted by Gasteiger charge is -2.44. The van der Waals surface area contributed by atoms with Gasteiger partial charge in [-0.05, 0) is 5.41 Å². The molecule has 2 fully saturated rings. The average molecular weight is 196 g/mol. The topological polar surface area (TPSA) is 24.5 Å². The van der Waals surface area contributed by atoms with E-state index in [9.17, 15) is 0 Å². The summed E-state index contributed by atoms with van der Waals surface area (Å²) in [5.41, 5.74) is 3.45. The molecule has 2 atom stereocenters. The van der Waals surface area contributed by atoms with Gasteiger partial charge in [-0.1, -0.05) is 19.9 Å². The number of rotatable bonds is 2. The number of nitrogens with one attached hydrogen (secondary N) is 1. The zero-order chi connectivity index (χ0) is 10.2. The number of hydrogen-bond donors (Lipinski definition) is 1. The van der Waals surface area contributed by atoms with Gasteiger partial charge >= 0.3 is 0 Å². The van der Waals surface area contributed by atoms with Crippen LogP contribution in [0.15, 0.2) is 12.7 Å². The van der Waals surface area contributed by atoms with Crippen LogP contribution in [0.2, 0.25) is 0 Å². The van der Waals surface area contributed by atoms with Crippen LogP contribution in [0.1, 0.15) is 13.8 Å². The van der Waals surface area contributed by atoms with Crippen molar-refractivity contribution in [1.29, 1.82) is 0 Å². The summed E-state index contributed by atoms with van der Waals surface area (Å²) in [6.45, 7) is 12.5. The fourth-order valence-corrected chi connectivity index (χ4v) is 2.79. The normalized spacial score (nSPS) is 36.7. The lowest BCUT2D eigenvalue weighted by atomic mass is 9.75. The van der Waals surface area contributed by atoms with Crippen LogP contribution in [0, 0.1) is 11.3 Å². The van der Waals surface area contributed by atoms with E-state index in [1.54, 1.807) is 0 Å². The van der Waals surface area contributed by atoms with Crippen LogP contribution in [0.25, 0.3) is 0 Å². The molecule has 0 aromatic rings. The number of piperidine rings is 1. The van der Waals surface area contributed by atoms with Crippen LogP contribution >= 0.6 is 0 Å². The largest absolute Gasteiger partial charge is 0.301 e. The van der Waals surface area contributed by atoms with Gasteiger partial charge in [0.2, 0.25) is 0 Å². The number of hydrogen-bond acceptors (Lipinski definition) is 3. The predicted octanol–water partition coefficient (Wildman–Crippen LogP) is 1.03. The van der Waals surface area contributed by atoms with Crippen molar-refractivity contribution in [2.75, 3.05) is 26.2 Å². The van der Waals surface area contributed by atoms with Gasteiger partial charge in [-0.25, -0.2) is 0 Å². The fraction of sp³-hybridized carbons (Fsp3) is 0.818. The SMILES string of the molecule is C=CCN1C[C@H]2CON[C@H]2C(C)(C)C1. The zero-order valence-electron chi connectivity index (χ0n) is 9.12. The maximum absolute atomic E-state index is 5.35. The molecule has 2 rings (SSSR count). The van der Waals surface area contributed by atoms with Gasteiger partial charge in [0.15, 0.2) is 0 Å². The number of likely N-dealkylation sites (tertiary alicyclic amines) is 1. The Morgan fingerprint density at radius 1 is 1.64 bits per heavy atom. The molecule has 0 unspecified atom stereocenters. The first-order valence-corrected chi connectivity index (χ1v) is 5.34. The molecule has 1 N–H and O–H groups in total. The van der Waals surface area contributed by atoms with Crippen LogP contribution in [0.5, 0.6) is 0 Å². The number of hydroxylamine groups is 1. The summed E-state index contributed by atoms with van der Waals surface area (Å²) >= 11 is 0. The molecular weight excluding hydrogens is 176 g/mol. The maximum Gasteiger partial charge on any atom is 0.0738 e. The van der Waals surface area contributed by atoms with Crippen molar-refractivity contribution in [3.05, 3.63) is 12.7 Å². The van der Waals surface area contributed by atoms with E-state index in [2.05, 4.69) is 30.8 Å². The first-order chi connectivity index (χ1) is 6.63. The Kier molecular flexibility index (Phi) is 2.64. The van der Waals surface area contributed by atoms with Gasteiger partial charge in [0.05, 0.1) is 6.61 Å². The highest BCUT2D eigenvalue weighted by Crippen LogP contribution is 2.35. The third-order valence-electron chi connectivity index (χ3n) is 3.33. The minimum Gasteiger partial charge on any atom is -0.301 e. The van der Waals surface area contributed by atoms with Crippen LogP contribution < -0.4 is 5.48 Å². The first-order valence-electron chi connectivity index (χ1n) is 5.34. The third-order valence-corrected chi connectivity index (χ3v) is 3.33. The predicted molar refractivity (Wildman–Crippen MR) is 56.8 cm³/mol. The molecular formula is C11H20N2O. The van der Waals surface area contributed by atoms with Gasteiger partial charge in [0.1, 0.15) is 0 Å². The zero-order valence-corrected chi connectivity index (χ0v) is 9.12.